The highest BCUT2D eigenvalue weighted by atomic mass is 16.5. The van der Waals surface area contributed by atoms with Crippen LogP contribution in [0.4, 0.5) is 0 Å². The van der Waals surface area contributed by atoms with E-state index in [1.807, 2.05) is 49.4 Å². The maximum atomic E-state index is 9.08. The summed E-state index contributed by atoms with van der Waals surface area (Å²) in [7, 11) is 1.64. The number of hydroxylamine groups is 2. The number of benzene rings is 1. The van der Waals surface area contributed by atoms with Crippen molar-refractivity contribution in [1.29, 1.82) is 0 Å². The van der Waals surface area contributed by atoms with Gasteiger partial charge in [-0.1, -0.05) is 42.5 Å². The summed E-state index contributed by atoms with van der Waals surface area (Å²) in [5, 5.41) is 10.3. The second-order valence-corrected chi connectivity index (χ2v) is 3.08. The summed E-state index contributed by atoms with van der Waals surface area (Å²) in [6.45, 7) is 1.93. The normalized spacial score (nSPS) is 13.8. The molecule has 2 heteroatoms. The van der Waals surface area contributed by atoms with Crippen LogP contribution in [0.25, 0.3) is 6.08 Å². The molecule has 0 amide bonds. The second-order valence-electron chi connectivity index (χ2n) is 3.08. The molecule has 2 nitrogen and oxygen atoms in total. The molecule has 0 spiro atoms. The van der Waals surface area contributed by atoms with Gasteiger partial charge in [0.2, 0.25) is 0 Å². The number of likely N-dealkylation sites (N-methyl/N-ethyl adjacent to an activating group) is 1. The minimum Gasteiger partial charge on any atom is -0.314 e. The van der Waals surface area contributed by atoms with Gasteiger partial charge in [-0.05, 0) is 12.5 Å². The quantitative estimate of drug-likeness (QED) is 0.717. The lowest BCUT2D eigenvalue weighted by Crippen LogP contribution is -2.22. The van der Waals surface area contributed by atoms with Crippen molar-refractivity contribution in [3.63, 3.8) is 0 Å². The summed E-state index contributed by atoms with van der Waals surface area (Å²) in [5.41, 5.74) is 1.15. The van der Waals surface area contributed by atoms with E-state index in [1.54, 1.807) is 7.05 Å². The van der Waals surface area contributed by atoms with Gasteiger partial charge >= 0.3 is 0 Å². The molecule has 0 aliphatic rings. The molecule has 70 valence electrons. The molecule has 1 aromatic rings. The van der Waals surface area contributed by atoms with Crippen molar-refractivity contribution in [2.45, 2.75) is 13.0 Å². The number of rotatable bonds is 3. The highest BCUT2D eigenvalue weighted by Gasteiger charge is 1.99. The fourth-order valence-electron chi connectivity index (χ4n) is 0.939. The van der Waals surface area contributed by atoms with Gasteiger partial charge in [0.05, 0.1) is 6.04 Å². The number of hydrogen-bond acceptors (Lipinski definition) is 2. The summed E-state index contributed by atoms with van der Waals surface area (Å²) in [5.74, 6) is 0. The fourth-order valence-corrected chi connectivity index (χ4v) is 0.939. The Morgan fingerprint density at radius 3 is 2.46 bits per heavy atom. The van der Waals surface area contributed by atoms with E-state index >= 15 is 0 Å². The Morgan fingerprint density at radius 1 is 1.31 bits per heavy atom. The molecular formula is C11H15NO. The first-order valence-corrected chi connectivity index (χ1v) is 4.35. The van der Waals surface area contributed by atoms with Crippen LogP contribution in [-0.4, -0.2) is 23.4 Å². The van der Waals surface area contributed by atoms with Crippen LogP contribution in [0, 0.1) is 0 Å². The first-order chi connectivity index (χ1) is 6.20. The third kappa shape index (κ3) is 3.40. The van der Waals surface area contributed by atoms with Crippen molar-refractivity contribution in [2.75, 3.05) is 7.05 Å². The van der Waals surface area contributed by atoms with Crippen LogP contribution in [0.3, 0.4) is 0 Å². The fraction of sp³-hybridized carbons (Fsp3) is 0.273. The standard InChI is InChI=1S/C11H15NO/c1-10(12(2)13)8-9-11-6-4-3-5-7-11/h3-10,13H,1-2H3/b9-8+. The van der Waals surface area contributed by atoms with E-state index in [-0.39, 0.29) is 6.04 Å². The van der Waals surface area contributed by atoms with Crippen molar-refractivity contribution < 1.29 is 5.21 Å². The average molecular weight is 177 g/mol. The SMILES string of the molecule is CC(/C=C/c1ccccc1)N(C)O. The summed E-state index contributed by atoms with van der Waals surface area (Å²) < 4.78 is 0. The zero-order valence-corrected chi connectivity index (χ0v) is 8.01. The van der Waals surface area contributed by atoms with Gasteiger partial charge in [0, 0.05) is 7.05 Å². The van der Waals surface area contributed by atoms with Crippen LogP contribution in [0.5, 0.6) is 0 Å². The van der Waals surface area contributed by atoms with Gasteiger partial charge in [-0.25, -0.2) is 0 Å². The summed E-state index contributed by atoms with van der Waals surface area (Å²) in [4.78, 5) is 0. The molecule has 0 aliphatic carbocycles. The van der Waals surface area contributed by atoms with Crippen LogP contribution in [-0.2, 0) is 0 Å². The van der Waals surface area contributed by atoms with E-state index in [9.17, 15) is 0 Å². The van der Waals surface area contributed by atoms with Crippen molar-refractivity contribution in [1.82, 2.24) is 5.06 Å². The van der Waals surface area contributed by atoms with Crippen LogP contribution in [0.1, 0.15) is 12.5 Å². The van der Waals surface area contributed by atoms with Gasteiger partial charge < -0.3 is 5.21 Å². The molecular weight excluding hydrogens is 162 g/mol. The molecule has 1 aromatic carbocycles. The van der Waals surface area contributed by atoms with Crippen molar-refractivity contribution >= 4 is 6.08 Å². The number of hydrogen-bond donors (Lipinski definition) is 1. The van der Waals surface area contributed by atoms with E-state index < -0.39 is 0 Å². The van der Waals surface area contributed by atoms with Crippen molar-refractivity contribution in [3.05, 3.63) is 42.0 Å². The third-order valence-corrected chi connectivity index (χ3v) is 1.96. The minimum absolute atomic E-state index is 0.0419. The lowest BCUT2D eigenvalue weighted by Gasteiger charge is -2.12. The monoisotopic (exact) mass is 177 g/mol. The smallest absolute Gasteiger partial charge is 0.0502 e. The summed E-state index contributed by atoms with van der Waals surface area (Å²) in [6, 6.07) is 10.1. The summed E-state index contributed by atoms with van der Waals surface area (Å²) >= 11 is 0. The molecule has 0 bridgehead atoms. The Labute approximate surface area is 79.1 Å². The Bertz CT molecular complexity index is 267. The molecule has 0 heterocycles. The lowest BCUT2D eigenvalue weighted by atomic mass is 10.2. The van der Waals surface area contributed by atoms with Crippen molar-refractivity contribution in [2.24, 2.45) is 0 Å². The average Bonchev–Trinajstić information content (AvgIpc) is 2.15. The van der Waals surface area contributed by atoms with E-state index in [0.717, 1.165) is 5.56 Å². The zero-order valence-electron chi connectivity index (χ0n) is 8.01. The zero-order chi connectivity index (χ0) is 9.68. The van der Waals surface area contributed by atoms with E-state index in [2.05, 4.69) is 0 Å². The number of nitrogens with zero attached hydrogens (tertiary/aromatic N) is 1. The maximum Gasteiger partial charge on any atom is 0.0502 e. The molecule has 0 fully saturated rings. The lowest BCUT2D eigenvalue weighted by molar-refractivity contribution is -0.0826. The highest BCUT2D eigenvalue weighted by Crippen LogP contribution is 2.03. The predicted molar refractivity (Wildman–Crippen MR) is 54.5 cm³/mol. The van der Waals surface area contributed by atoms with Gasteiger partial charge in [-0.3, -0.25) is 0 Å². The first kappa shape index (κ1) is 9.96. The molecule has 13 heavy (non-hydrogen) atoms. The second kappa shape index (κ2) is 4.80. The molecule has 0 saturated heterocycles. The molecule has 0 radical (unpaired) electrons. The van der Waals surface area contributed by atoms with Crippen molar-refractivity contribution in [3.8, 4) is 0 Å². The van der Waals surface area contributed by atoms with E-state index in [0.29, 0.717) is 0 Å². The van der Waals surface area contributed by atoms with Crippen LogP contribution in [0.2, 0.25) is 0 Å². The van der Waals surface area contributed by atoms with E-state index in [1.165, 1.54) is 5.06 Å². The van der Waals surface area contributed by atoms with Crippen LogP contribution in [0.15, 0.2) is 36.4 Å². The van der Waals surface area contributed by atoms with Gasteiger partial charge in [0.1, 0.15) is 0 Å². The molecule has 0 aliphatic heterocycles. The molecule has 1 rings (SSSR count). The molecule has 1 unspecified atom stereocenters. The third-order valence-electron chi connectivity index (χ3n) is 1.96. The molecule has 1 atom stereocenters. The molecule has 0 aromatic heterocycles. The van der Waals surface area contributed by atoms with Gasteiger partial charge in [-0.2, -0.15) is 5.06 Å². The molecule has 0 saturated carbocycles. The summed E-state index contributed by atoms with van der Waals surface area (Å²) in [6.07, 6.45) is 3.95. The first-order valence-electron chi connectivity index (χ1n) is 4.35. The Kier molecular flexibility index (Phi) is 3.68. The largest absolute Gasteiger partial charge is 0.314 e. The van der Waals surface area contributed by atoms with Crippen LogP contribution < -0.4 is 0 Å². The van der Waals surface area contributed by atoms with E-state index in [4.69, 9.17) is 5.21 Å². The topological polar surface area (TPSA) is 23.5 Å². The Hall–Kier alpha value is -1.12. The Morgan fingerprint density at radius 2 is 1.92 bits per heavy atom. The Balaban J connectivity index is 2.59. The highest BCUT2D eigenvalue weighted by molar-refractivity contribution is 5.49. The van der Waals surface area contributed by atoms with Gasteiger partial charge in [-0.15, -0.1) is 0 Å². The van der Waals surface area contributed by atoms with Gasteiger partial charge in [0.15, 0.2) is 0 Å². The molecule has 1 N–H and O–H groups in total. The maximum absolute atomic E-state index is 9.08. The predicted octanol–water partition coefficient (Wildman–Crippen LogP) is 2.41. The van der Waals surface area contributed by atoms with Crippen LogP contribution >= 0.6 is 0 Å². The van der Waals surface area contributed by atoms with Gasteiger partial charge in [0.25, 0.3) is 0 Å². The minimum atomic E-state index is 0.0419.